The van der Waals surface area contributed by atoms with Gasteiger partial charge in [0, 0.05) is 13.2 Å². The second kappa shape index (κ2) is 7.06. The van der Waals surface area contributed by atoms with Gasteiger partial charge in [-0.1, -0.05) is 13.8 Å². The van der Waals surface area contributed by atoms with E-state index in [0.29, 0.717) is 0 Å². The van der Waals surface area contributed by atoms with Crippen molar-refractivity contribution in [1.82, 2.24) is 15.2 Å². The predicted molar refractivity (Wildman–Crippen MR) is 79.6 cm³/mol. The molecule has 0 radical (unpaired) electrons. The number of rotatable bonds is 8. The molecule has 20 heavy (non-hydrogen) atoms. The molecule has 1 rings (SSSR count). The number of nitrogens with one attached hydrogen (secondary N) is 1. The van der Waals surface area contributed by atoms with E-state index in [1.54, 1.807) is 20.4 Å². The van der Waals surface area contributed by atoms with Crippen molar-refractivity contribution in [2.75, 3.05) is 14.2 Å². The van der Waals surface area contributed by atoms with Crippen LogP contribution >= 0.6 is 0 Å². The second-order valence-electron chi connectivity index (χ2n) is 5.21. The van der Waals surface area contributed by atoms with Crippen LogP contribution in [0.4, 0.5) is 0 Å². The lowest BCUT2D eigenvalue weighted by Gasteiger charge is -2.38. The Labute approximate surface area is 121 Å². The fourth-order valence-electron chi connectivity index (χ4n) is 2.74. The number of hydrogen-bond donors (Lipinski definition) is 2. The summed E-state index contributed by atoms with van der Waals surface area (Å²) >= 11 is 0. The number of ether oxygens (including phenoxy) is 2. The highest BCUT2D eigenvalue weighted by atomic mass is 16.5. The Hall–Kier alpha value is -1.11. The highest BCUT2D eigenvalue weighted by molar-refractivity contribution is 5.31. The van der Waals surface area contributed by atoms with E-state index in [0.717, 1.165) is 24.3 Å². The molecule has 3 N–H and O–H groups in total. The van der Waals surface area contributed by atoms with Crippen molar-refractivity contribution in [2.24, 2.45) is 5.84 Å². The summed E-state index contributed by atoms with van der Waals surface area (Å²) in [7, 11) is 3.37. The zero-order valence-electron chi connectivity index (χ0n) is 13.4. The molecule has 0 spiro atoms. The third-order valence-corrected chi connectivity index (χ3v) is 4.08. The van der Waals surface area contributed by atoms with Gasteiger partial charge in [0.1, 0.15) is 5.69 Å². The van der Waals surface area contributed by atoms with Crippen LogP contribution in [0.2, 0.25) is 0 Å². The predicted octanol–water partition coefficient (Wildman–Crippen LogP) is 2.18. The first kappa shape index (κ1) is 16.9. The summed E-state index contributed by atoms with van der Waals surface area (Å²) in [4.78, 5) is 0. The maximum atomic E-state index is 5.84. The Kier molecular flexibility index (Phi) is 5.98. The lowest BCUT2D eigenvalue weighted by Crippen LogP contribution is -2.48. The number of nitrogens with two attached hydrogens (primary N) is 1. The number of methoxy groups -OCH3 is 2. The average molecular weight is 284 g/mol. The molecule has 0 aliphatic carbocycles. The summed E-state index contributed by atoms with van der Waals surface area (Å²) in [5.41, 5.74) is 3.43. The minimum absolute atomic E-state index is 0.192. The summed E-state index contributed by atoms with van der Waals surface area (Å²) in [6.07, 6.45) is 3.40. The first-order valence-corrected chi connectivity index (χ1v) is 7.13. The molecule has 0 aliphatic rings. The van der Waals surface area contributed by atoms with Crippen LogP contribution in [0.15, 0.2) is 6.20 Å². The maximum absolute atomic E-state index is 5.84. The molecule has 0 saturated carbocycles. The molecule has 116 valence electrons. The second-order valence-corrected chi connectivity index (χ2v) is 5.21. The van der Waals surface area contributed by atoms with E-state index in [2.05, 4.69) is 38.2 Å². The van der Waals surface area contributed by atoms with Crippen molar-refractivity contribution in [3.8, 4) is 5.75 Å². The van der Waals surface area contributed by atoms with Crippen molar-refractivity contribution in [3.63, 3.8) is 0 Å². The minimum Gasteiger partial charge on any atom is -0.493 e. The molecule has 0 amide bonds. The van der Waals surface area contributed by atoms with Gasteiger partial charge in [0.05, 0.1) is 24.9 Å². The lowest BCUT2D eigenvalue weighted by atomic mass is 9.86. The van der Waals surface area contributed by atoms with E-state index in [-0.39, 0.29) is 12.1 Å². The van der Waals surface area contributed by atoms with Gasteiger partial charge in [-0.3, -0.25) is 10.5 Å². The molecule has 1 heterocycles. The summed E-state index contributed by atoms with van der Waals surface area (Å²) in [5.74, 6) is 6.57. The molecule has 0 saturated heterocycles. The monoisotopic (exact) mass is 284 g/mol. The molecule has 1 unspecified atom stereocenters. The smallest absolute Gasteiger partial charge is 0.161 e. The Morgan fingerprint density at radius 2 is 1.95 bits per heavy atom. The van der Waals surface area contributed by atoms with Crippen LogP contribution in [0, 0.1) is 0 Å². The maximum Gasteiger partial charge on any atom is 0.161 e. The molecule has 1 atom stereocenters. The first-order valence-electron chi connectivity index (χ1n) is 7.13. The van der Waals surface area contributed by atoms with Crippen LogP contribution < -0.4 is 16.0 Å². The van der Waals surface area contributed by atoms with Crippen molar-refractivity contribution in [2.45, 2.75) is 58.2 Å². The van der Waals surface area contributed by atoms with E-state index < -0.39 is 5.60 Å². The normalized spacial score (nSPS) is 13.8. The van der Waals surface area contributed by atoms with Crippen LogP contribution in [-0.4, -0.2) is 29.6 Å². The number of hydrazine groups is 1. The van der Waals surface area contributed by atoms with Crippen molar-refractivity contribution in [3.05, 3.63) is 11.9 Å². The molecule has 6 heteroatoms. The van der Waals surface area contributed by atoms with Gasteiger partial charge < -0.3 is 9.47 Å². The molecule has 0 aromatic carbocycles. The summed E-state index contributed by atoms with van der Waals surface area (Å²) in [6, 6.07) is 0.0235. The van der Waals surface area contributed by atoms with Crippen molar-refractivity contribution >= 4 is 0 Å². The Balaban J connectivity index is 3.40. The average Bonchev–Trinajstić information content (AvgIpc) is 2.88. The molecule has 0 fully saturated rings. The van der Waals surface area contributed by atoms with Gasteiger partial charge in [-0.15, -0.1) is 0 Å². The molecular weight excluding hydrogens is 256 g/mol. The number of nitrogens with zero attached hydrogens (tertiary/aromatic N) is 2. The lowest BCUT2D eigenvalue weighted by molar-refractivity contribution is -0.0514. The number of aromatic nitrogens is 2. The fourth-order valence-corrected chi connectivity index (χ4v) is 2.74. The molecule has 0 aliphatic heterocycles. The zero-order chi connectivity index (χ0) is 15.3. The van der Waals surface area contributed by atoms with Crippen LogP contribution in [0.5, 0.6) is 5.75 Å². The van der Waals surface area contributed by atoms with Crippen LogP contribution in [-0.2, 0) is 4.74 Å². The quantitative estimate of drug-likeness (QED) is 0.565. The third-order valence-electron chi connectivity index (χ3n) is 4.08. The van der Waals surface area contributed by atoms with Crippen LogP contribution in [0.1, 0.15) is 58.3 Å². The molecule has 0 bridgehead atoms. The van der Waals surface area contributed by atoms with Gasteiger partial charge in [-0.25, -0.2) is 5.43 Å². The third kappa shape index (κ3) is 2.82. The molecule has 6 nitrogen and oxygen atoms in total. The first-order chi connectivity index (χ1) is 9.51. The summed E-state index contributed by atoms with van der Waals surface area (Å²) < 4.78 is 13.2. The van der Waals surface area contributed by atoms with Gasteiger partial charge in [0.25, 0.3) is 0 Å². The topological polar surface area (TPSA) is 74.3 Å². The Bertz CT molecular complexity index is 405. The summed E-state index contributed by atoms with van der Waals surface area (Å²) in [5, 5.41) is 4.41. The number of hydrogen-bond acceptors (Lipinski definition) is 5. The van der Waals surface area contributed by atoms with Gasteiger partial charge in [-0.2, -0.15) is 5.10 Å². The molecular formula is C14H28N4O2. The van der Waals surface area contributed by atoms with E-state index in [4.69, 9.17) is 15.3 Å². The Morgan fingerprint density at radius 1 is 1.35 bits per heavy atom. The van der Waals surface area contributed by atoms with Crippen molar-refractivity contribution < 1.29 is 9.47 Å². The zero-order valence-corrected chi connectivity index (χ0v) is 13.4. The van der Waals surface area contributed by atoms with Gasteiger partial charge in [0.2, 0.25) is 0 Å². The fraction of sp³-hybridized carbons (Fsp3) is 0.786. The van der Waals surface area contributed by atoms with Gasteiger partial charge in [0.15, 0.2) is 5.75 Å². The van der Waals surface area contributed by atoms with Crippen molar-refractivity contribution in [1.29, 1.82) is 0 Å². The standard InChI is InChI=1S/C14H28N4O2/c1-7-14(8-2,20-6)13(17-15)12-11(19-5)9-16-18(12)10(3)4/h9-10,13,17H,7-8,15H2,1-6H3. The molecule has 1 aromatic rings. The largest absolute Gasteiger partial charge is 0.493 e. The van der Waals surface area contributed by atoms with Crippen LogP contribution in [0.25, 0.3) is 0 Å². The SMILES string of the molecule is CCC(CC)(OC)C(NN)c1c(OC)cnn1C(C)C. The van der Waals surface area contributed by atoms with Gasteiger partial charge >= 0.3 is 0 Å². The Morgan fingerprint density at radius 3 is 2.30 bits per heavy atom. The van der Waals surface area contributed by atoms with E-state index >= 15 is 0 Å². The minimum atomic E-state index is -0.394. The van der Waals surface area contributed by atoms with E-state index in [9.17, 15) is 0 Å². The van der Waals surface area contributed by atoms with E-state index in [1.807, 2.05) is 4.68 Å². The van der Waals surface area contributed by atoms with E-state index in [1.165, 1.54) is 0 Å². The summed E-state index contributed by atoms with van der Waals surface area (Å²) in [6.45, 7) is 8.35. The molecule has 1 aromatic heterocycles. The van der Waals surface area contributed by atoms with Crippen LogP contribution in [0.3, 0.4) is 0 Å². The highest BCUT2D eigenvalue weighted by Gasteiger charge is 2.40. The van der Waals surface area contributed by atoms with Gasteiger partial charge in [-0.05, 0) is 26.7 Å². The highest BCUT2D eigenvalue weighted by Crippen LogP contribution is 2.39.